The smallest absolute Gasteiger partial charge is 0.287 e. The van der Waals surface area contributed by atoms with E-state index in [2.05, 4.69) is 15.8 Å². The van der Waals surface area contributed by atoms with Crippen molar-refractivity contribution in [2.45, 2.75) is 13.3 Å². The highest BCUT2D eigenvalue weighted by Crippen LogP contribution is 2.24. The third-order valence-electron chi connectivity index (χ3n) is 3.52. The van der Waals surface area contributed by atoms with Crippen LogP contribution in [-0.4, -0.2) is 29.6 Å². The number of nitro groups is 1. The van der Waals surface area contributed by atoms with Crippen LogP contribution >= 0.6 is 11.6 Å². The summed E-state index contributed by atoms with van der Waals surface area (Å²) < 4.78 is 5.08. The molecule has 9 nitrogen and oxygen atoms in total. The molecular formula is C18H17ClN4O5. The van der Waals surface area contributed by atoms with Gasteiger partial charge >= 0.3 is 0 Å². The van der Waals surface area contributed by atoms with Crippen LogP contribution in [-0.2, 0) is 4.79 Å². The second kappa shape index (κ2) is 9.47. The number of methoxy groups -OCH3 is 1. The molecular weight excluding hydrogens is 388 g/mol. The summed E-state index contributed by atoms with van der Waals surface area (Å²) >= 11 is 5.78. The molecule has 0 aliphatic heterocycles. The van der Waals surface area contributed by atoms with Gasteiger partial charge < -0.3 is 10.1 Å². The van der Waals surface area contributed by atoms with Crippen LogP contribution in [0.5, 0.6) is 5.75 Å². The number of nitro benzene ring substituents is 1. The molecule has 0 fully saturated rings. The number of nitrogens with zero attached hydrogens (tertiary/aromatic N) is 2. The first kappa shape index (κ1) is 20.8. The summed E-state index contributed by atoms with van der Waals surface area (Å²) in [6, 6.07) is 10.5. The van der Waals surface area contributed by atoms with E-state index in [9.17, 15) is 19.7 Å². The summed E-state index contributed by atoms with van der Waals surface area (Å²) in [5.74, 6) is -0.316. The van der Waals surface area contributed by atoms with Gasteiger partial charge in [0.2, 0.25) is 5.91 Å². The Morgan fingerprint density at radius 2 is 2.00 bits per heavy atom. The average molecular weight is 405 g/mol. The fraction of sp³-hybridized carbons (Fsp3) is 0.167. The van der Waals surface area contributed by atoms with Gasteiger partial charge in [-0.2, -0.15) is 5.10 Å². The molecule has 0 aliphatic rings. The van der Waals surface area contributed by atoms with E-state index < -0.39 is 10.8 Å². The van der Waals surface area contributed by atoms with Crippen molar-refractivity contribution >= 4 is 40.5 Å². The molecule has 2 amide bonds. The number of amides is 2. The summed E-state index contributed by atoms with van der Waals surface area (Å²) in [7, 11) is 1.53. The highest BCUT2D eigenvalue weighted by Gasteiger charge is 2.15. The Balaban J connectivity index is 1.94. The number of nitrogens with one attached hydrogen (secondary N) is 2. The SMILES string of the molecule is COc1cccc(NC(=O)C/C(C)=N/NC(=O)c2ccc([N+](=O)[O-])c(Cl)c2)c1. The summed E-state index contributed by atoms with van der Waals surface area (Å²) in [6.07, 6.45) is -0.0431. The van der Waals surface area contributed by atoms with Gasteiger partial charge in [0.25, 0.3) is 11.6 Å². The van der Waals surface area contributed by atoms with E-state index in [-0.39, 0.29) is 28.6 Å². The van der Waals surface area contributed by atoms with E-state index in [1.165, 1.54) is 19.2 Å². The molecule has 0 radical (unpaired) electrons. The van der Waals surface area contributed by atoms with Crippen molar-refractivity contribution in [3.05, 3.63) is 63.2 Å². The number of benzene rings is 2. The summed E-state index contributed by atoms with van der Waals surface area (Å²) in [4.78, 5) is 34.2. The van der Waals surface area contributed by atoms with Crippen molar-refractivity contribution in [1.82, 2.24) is 5.43 Å². The topological polar surface area (TPSA) is 123 Å². The summed E-state index contributed by atoms with van der Waals surface area (Å²) in [6.45, 7) is 1.58. The number of carbonyl (C=O) groups excluding carboxylic acids is 2. The molecule has 0 bridgehead atoms. The Hall–Kier alpha value is -3.46. The lowest BCUT2D eigenvalue weighted by molar-refractivity contribution is -0.384. The van der Waals surface area contributed by atoms with Gasteiger partial charge in [-0.3, -0.25) is 19.7 Å². The number of rotatable bonds is 7. The molecule has 0 atom stereocenters. The van der Waals surface area contributed by atoms with Crippen LogP contribution in [0.4, 0.5) is 11.4 Å². The van der Waals surface area contributed by atoms with E-state index >= 15 is 0 Å². The van der Waals surface area contributed by atoms with E-state index in [4.69, 9.17) is 16.3 Å². The number of ether oxygens (including phenoxy) is 1. The Morgan fingerprint density at radius 1 is 1.25 bits per heavy atom. The van der Waals surface area contributed by atoms with E-state index in [0.29, 0.717) is 17.1 Å². The first-order valence-electron chi connectivity index (χ1n) is 8.01. The standard InChI is InChI=1S/C18H17ClN4O5/c1-11(8-17(24)20-13-4-3-5-14(10-13)28-2)21-22-18(25)12-6-7-16(23(26)27)15(19)9-12/h3-7,9-10H,8H2,1-2H3,(H,20,24)(H,22,25)/b21-11+. The molecule has 2 aromatic carbocycles. The molecule has 0 aliphatic carbocycles. The molecule has 0 saturated carbocycles. The quantitative estimate of drug-likeness (QED) is 0.416. The summed E-state index contributed by atoms with van der Waals surface area (Å²) in [5, 5.41) is 17.1. The molecule has 146 valence electrons. The number of halogens is 1. The molecule has 0 aromatic heterocycles. The van der Waals surface area contributed by atoms with Crippen molar-refractivity contribution < 1.29 is 19.2 Å². The van der Waals surface area contributed by atoms with Crippen LogP contribution < -0.4 is 15.5 Å². The van der Waals surface area contributed by atoms with Gasteiger partial charge in [-0.15, -0.1) is 0 Å². The van der Waals surface area contributed by atoms with Crippen LogP contribution in [0.1, 0.15) is 23.7 Å². The lowest BCUT2D eigenvalue weighted by atomic mass is 10.2. The van der Waals surface area contributed by atoms with Crippen LogP contribution in [0.3, 0.4) is 0 Å². The summed E-state index contributed by atoms with van der Waals surface area (Å²) in [5.41, 5.74) is 3.02. The minimum atomic E-state index is -0.646. The zero-order valence-electron chi connectivity index (χ0n) is 15.1. The van der Waals surface area contributed by atoms with Crippen LogP contribution in [0.15, 0.2) is 47.6 Å². The largest absolute Gasteiger partial charge is 0.497 e. The molecule has 2 aromatic rings. The first-order valence-corrected chi connectivity index (χ1v) is 8.39. The third-order valence-corrected chi connectivity index (χ3v) is 3.83. The van der Waals surface area contributed by atoms with Crippen LogP contribution in [0, 0.1) is 10.1 Å². The Kier molecular flexibility index (Phi) is 7.05. The number of hydrazone groups is 1. The van der Waals surface area contributed by atoms with Gasteiger partial charge in [-0.25, -0.2) is 5.43 Å². The van der Waals surface area contributed by atoms with Gasteiger partial charge in [0.15, 0.2) is 0 Å². The van der Waals surface area contributed by atoms with Crippen molar-refractivity contribution in [3.63, 3.8) is 0 Å². The molecule has 0 saturated heterocycles. The predicted molar refractivity (Wildman–Crippen MR) is 105 cm³/mol. The molecule has 2 rings (SSSR count). The van der Waals surface area contributed by atoms with Gasteiger partial charge in [-0.05, 0) is 31.2 Å². The highest BCUT2D eigenvalue weighted by molar-refractivity contribution is 6.33. The maximum atomic E-state index is 12.1. The van der Waals surface area contributed by atoms with E-state index in [1.54, 1.807) is 31.2 Å². The minimum Gasteiger partial charge on any atom is -0.497 e. The van der Waals surface area contributed by atoms with Crippen molar-refractivity contribution in [1.29, 1.82) is 0 Å². The highest BCUT2D eigenvalue weighted by atomic mass is 35.5. The number of hydrogen-bond acceptors (Lipinski definition) is 6. The van der Waals surface area contributed by atoms with Gasteiger partial charge in [-0.1, -0.05) is 17.7 Å². The van der Waals surface area contributed by atoms with Crippen LogP contribution in [0.2, 0.25) is 5.02 Å². The van der Waals surface area contributed by atoms with Crippen LogP contribution in [0.25, 0.3) is 0 Å². The fourth-order valence-corrected chi connectivity index (χ4v) is 2.43. The lowest BCUT2D eigenvalue weighted by Gasteiger charge is -2.07. The molecule has 2 N–H and O–H groups in total. The molecule has 10 heteroatoms. The van der Waals surface area contributed by atoms with Crippen molar-refractivity contribution in [2.75, 3.05) is 12.4 Å². The molecule has 0 heterocycles. The zero-order chi connectivity index (χ0) is 20.7. The third kappa shape index (κ3) is 5.78. The number of anilines is 1. The van der Waals surface area contributed by atoms with Crippen molar-refractivity contribution in [2.24, 2.45) is 5.10 Å². The predicted octanol–water partition coefficient (Wildman–Crippen LogP) is 3.39. The normalized spacial score (nSPS) is 10.9. The van der Waals surface area contributed by atoms with Gasteiger partial charge in [0.05, 0.1) is 18.5 Å². The molecule has 28 heavy (non-hydrogen) atoms. The number of hydrogen-bond donors (Lipinski definition) is 2. The molecule has 0 unspecified atom stereocenters. The molecule has 0 spiro atoms. The lowest BCUT2D eigenvalue weighted by Crippen LogP contribution is -2.21. The minimum absolute atomic E-state index is 0.0431. The van der Waals surface area contributed by atoms with Gasteiger partial charge in [0.1, 0.15) is 10.8 Å². The number of carbonyl (C=O) groups is 2. The van der Waals surface area contributed by atoms with Gasteiger partial charge in [0, 0.05) is 29.1 Å². The second-order valence-electron chi connectivity index (χ2n) is 5.67. The zero-order valence-corrected chi connectivity index (χ0v) is 15.8. The Morgan fingerprint density at radius 3 is 2.64 bits per heavy atom. The Labute approximate surface area is 165 Å². The monoisotopic (exact) mass is 404 g/mol. The maximum Gasteiger partial charge on any atom is 0.287 e. The first-order chi connectivity index (χ1) is 13.3. The average Bonchev–Trinajstić information content (AvgIpc) is 2.65. The fourth-order valence-electron chi connectivity index (χ4n) is 2.18. The van der Waals surface area contributed by atoms with E-state index in [1.807, 2.05) is 0 Å². The van der Waals surface area contributed by atoms with Crippen molar-refractivity contribution in [3.8, 4) is 5.75 Å². The maximum absolute atomic E-state index is 12.1. The Bertz CT molecular complexity index is 945. The van der Waals surface area contributed by atoms with E-state index in [0.717, 1.165) is 6.07 Å². The second-order valence-corrected chi connectivity index (χ2v) is 6.08.